The van der Waals surface area contributed by atoms with Crippen LogP contribution in [0.2, 0.25) is 0 Å². The summed E-state index contributed by atoms with van der Waals surface area (Å²) in [7, 11) is 0. The second-order valence-corrected chi connectivity index (χ2v) is 12.4. The monoisotopic (exact) mass is 620 g/mol. The molecule has 0 saturated carbocycles. The van der Waals surface area contributed by atoms with Gasteiger partial charge in [0.15, 0.2) is 11.6 Å². The number of rotatable bonds is 2. The van der Waals surface area contributed by atoms with Crippen LogP contribution >= 0.6 is 0 Å². The number of imidazole rings is 2. The van der Waals surface area contributed by atoms with Gasteiger partial charge in [-0.3, -0.25) is 9.36 Å². The van der Waals surface area contributed by atoms with Gasteiger partial charge in [-0.1, -0.05) is 48.5 Å². The third-order valence-corrected chi connectivity index (χ3v) is 10.2. The van der Waals surface area contributed by atoms with E-state index in [2.05, 4.69) is 53.6 Å². The van der Waals surface area contributed by atoms with Gasteiger partial charge in [-0.05, 0) is 24.0 Å². The number of hydrogen-bond donors (Lipinski definition) is 2. The molecule has 46 heavy (non-hydrogen) atoms. The predicted octanol–water partition coefficient (Wildman–Crippen LogP) is 5.08. The highest BCUT2D eigenvalue weighted by atomic mass is 19.1. The second-order valence-electron chi connectivity index (χ2n) is 12.4. The first-order chi connectivity index (χ1) is 22.5. The maximum atomic E-state index is 14.0. The van der Waals surface area contributed by atoms with Crippen molar-refractivity contribution >= 4 is 0 Å². The molecule has 0 amide bonds. The lowest BCUT2D eigenvalue weighted by Gasteiger charge is -2.34. The van der Waals surface area contributed by atoms with Crippen LogP contribution in [0.25, 0.3) is 22.5 Å². The van der Waals surface area contributed by atoms with E-state index in [9.17, 15) is 19.0 Å². The fourth-order valence-corrected chi connectivity index (χ4v) is 8.23. The lowest BCUT2D eigenvalue weighted by Crippen LogP contribution is -2.31. The van der Waals surface area contributed by atoms with Gasteiger partial charge in [-0.25, -0.2) is 18.7 Å². The molecule has 0 unspecified atom stereocenters. The van der Waals surface area contributed by atoms with E-state index in [1.165, 1.54) is 23.5 Å². The maximum Gasteiger partial charge on any atom is 0.166 e. The highest BCUT2D eigenvalue weighted by Crippen LogP contribution is 2.50. The fourth-order valence-electron chi connectivity index (χ4n) is 8.23. The number of aliphatic hydroxyl groups is 2. The van der Waals surface area contributed by atoms with Gasteiger partial charge in [-0.15, -0.1) is 0 Å². The van der Waals surface area contributed by atoms with Gasteiger partial charge >= 0.3 is 0 Å². The van der Waals surface area contributed by atoms with Crippen molar-refractivity contribution in [2.75, 3.05) is 0 Å². The third kappa shape index (κ3) is 3.86. The summed E-state index contributed by atoms with van der Waals surface area (Å²) in [5.41, 5.74) is 7.32. The molecule has 6 atom stereocenters. The average molecular weight is 621 g/mol. The number of halogens is 2. The molecule has 2 N–H and O–H groups in total. The highest BCUT2D eigenvalue weighted by Gasteiger charge is 2.43. The molecule has 0 spiro atoms. The van der Waals surface area contributed by atoms with Gasteiger partial charge < -0.3 is 19.3 Å². The van der Waals surface area contributed by atoms with Crippen LogP contribution in [-0.2, 0) is 13.1 Å². The van der Waals surface area contributed by atoms with E-state index in [-0.39, 0.29) is 23.9 Å². The molecular weight excluding hydrogens is 590 g/mol. The number of nitrogens with zero attached hydrogens (tertiary/aromatic N) is 8. The van der Waals surface area contributed by atoms with E-state index in [0.29, 0.717) is 24.5 Å². The normalized spacial score (nSPS) is 25.0. The zero-order valence-corrected chi connectivity index (χ0v) is 24.6. The first-order valence-corrected chi connectivity index (χ1v) is 15.5. The largest absolute Gasteiger partial charge is 0.386 e. The molecule has 4 aliphatic heterocycles. The van der Waals surface area contributed by atoms with Crippen LogP contribution in [0.5, 0.6) is 0 Å². The van der Waals surface area contributed by atoms with E-state index < -0.39 is 23.8 Å². The zero-order valence-electron chi connectivity index (χ0n) is 24.6. The molecule has 4 aliphatic rings. The van der Waals surface area contributed by atoms with Crippen molar-refractivity contribution in [1.82, 2.24) is 38.7 Å². The summed E-state index contributed by atoms with van der Waals surface area (Å²) in [6, 6.07) is 16.3. The molecule has 232 valence electrons. The number of aliphatic hydroxyl groups excluding tert-OH is 2. The van der Waals surface area contributed by atoms with E-state index in [1.54, 1.807) is 22.0 Å². The van der Waals surface area contributed by atoms with Crippen molar-refractivity contribution in [3.63, 3.8) is 0 Å². The molecule has 0 saturated heterocycles. The minimum atomic E-state index is -0.877. The summed E-state index contributed by atoms with van der Waals surface area (Å²) in [4.78, 5) is 8.51. The molecule has 0 fully saturated rings. The van der Waals surface area contributed by atoms with Crippen LogP contribution in [0.4, 0.5) is 8.78 Å². The van der Waals surface area contributed by atoms with Gasteiger partial charge in [0.25, 0.3) is 0 Å². The van der Waals surface area contributed by atoms with Crippen molar-refractivity contribution in [3.8, 4) is 22.5 Å². The zero-order chi connectivity index (χ0) is 31.1. The van der Waals surface area contributed by atoms with Crippen LogP contribution in [0.1, 0.15) is 59.6 Å². The number of benzene rings is 2. The van der Waals surface area contributed by atoms with Gasteiger partial charge in [0, 0.05) is 36.1 Å². The summed E-state index contributed by atoms with van der Waals surface area (Å²) in [5.74, 6) is -1.07. The summed E-state index contributed by atoms with van der Waals surface area (Å²) < 4.78 is 35.4. The predicted molar refractivity (Wildman–Crippen MR) is 162 cm³/mol. The molecule has 0 radical (unpaired) electrons. The smallest absolute Gasteiger partial charge is 0.166 e. The lowest BCUT2D eigenvalue weighted by atomic mass is 9.83. The Kier molecular flexibility index (Phi) is 6.13. The highest BCUT2D eigenvalue weighted by molar-refractivity contribution is 5.70. The van der Waals surface area contributed by atoms with Gasteiger partial charge in [0.2, 0.25) is 0 Å². The number of hydrogen-bond acceptors (Lipinski definition) is 6. The average Bonchev–Trinajstić information content (AvgIpc) is 3.91. The van der Waals surface area contributed by atoms with Crippen molar-refractivity contribution in [2.24, 2.45) is 11.8 Å². The van der Waals surface area contributed by atoms with Crippen LogP contribution in [0.15, 0.2) is 86.0 Å². The number of aryl methyl sites for hydroxylation is 2. The van der Waals surface area contributed by atoms with Crippen LogP contribution in [0.3, 0.4) is 0 Å². The molecule has 0 bridgehead atoms. The standard InChI is InChI=1S/2C17H15FN4O/c2*18-13-7-20-22-6-5-12(17(23)16(13)22)15-11-4-2-1-3-10(11)14-8-19-9-21(14)15/h2*1-4,7-9,12,15,17,23H,5-6H2/t2*12-,15+,17-/m10/s1. The lowest BCUT2D eigenvalue weighted by molar-refractivity contribution is 0.0490. The SMILES string of the molecule is O[C@@H]1c2c(F)cnn2CC[C@H]1[C@H]1c2ccccc2-c2cncn21.O[C@H]1c2c(F)cnn2CC[C@@H]1[C@@H]1c2ccccc2-c2cncn21. The topological polar surface area (TPSA) is 112 Å². The summed E-state index contributed by atoms with van der Waals surface area (Å²) in [5, 5.41) is 29.6. The van der Waals surface area contributed by atoms with Crippen LogP contribution in [0, 0.1) is 23.5 Å². The van der Waals surface area contributed by atoms with Gasteiger partial charge in [0.05, 0.1) is 60.9 Å². The Morgan fingerprint density at radius 2 is 1.04 bits per heavy atom. The quantitative estimate of drug-likeness (QED) is 0.279. The summed E-state index contributed by atoms with van der Waals surface area (Å²) >= 11 is 0. The molecule has 12 heteroatoms. The van der Waals surface area contributed by atoms with Gasteiger partial charge in [-0.2, -0.15) is 10.2 Å². The van der Waals surface area contributed by atoms with Crippen LogP contribution in [-0.4, -0.2) is 48.9 Å². The third-order valence-electron chi connectivity index (χ3n) is 10.2. The summed E-state index contributed by atoms with van der Waals surface area (Å²) in [6.07, 6.45) is 9.40. The Morgan fingerprint density at radius 1 is 0.609 bits per heavy atom. The second kappa shape index (κ2) is 10.3. The van der Waals surface area contributed by atoms with E-state index in [1.807, 2.05) is 36.7 Å². The first-order valence-electron chi connectivity index (χ1n) is 15.5. The minimum absolute atomic E-state index is 0.0262. The molecule has 2 aromatic carbocycles. The van der Waals surface area contributed by atoms with E-state index in [4.69, 9.17) is 0 Å². The number of aromatic nitrogens is 8. The van der Waals surface area contributed by atoms with Crippen molar-refractivity contribution < 1.29 is 19.0 Å². The molecule has 10 nitrogen and oxygen atoms in total. The Bertz CT molecular complexity index is 1950. The molecule has 6 aromatic rings. The molecule has 10 rings (SSSR count). The Balaban J connectivity index is 0.000000127. The fraction of sp³-hybridized carbons (Fsp3) is 0.294. The Morgan fingerprint density at radius 3 is 1.50 bits per heavy atom. The molecule has 8 heterocycles. The van der Waals surface area contributed by atoms with E-state index >= 15 is 0 Å². The van der Waals surface area contributed by atoms with Crippen molar-refractivity contribution in [2.45, 2.75) is 50.2 Å². The Hall–Kier alpha value is -4.94. The first kappa shape index (κ1) is 27.4. The summed E-state index contributed by atoms with van der Waals surface area (Å²) in [6.45, 7) is 1.23. The molecule has 4 aromatic heterocycles. The minimum Gasteiger partial charge on any atom is -0.386 e. The molecular formula is C34H30F2N8O2. The van der Waals surface area contributed by atoms with E-state index in [0.717, 1.165) is 35.4 Å². The maximum absolute atomic E-state index is 14.0. The number of fused-ring (bicyclic) bond motifs is 8. The van der Waals surface area contributed by atoms with Crippen molar-refractivity contribution in [1.29, 1.82) is 0 Å². The molecule has 0 aliphatic carbocycles. The van der Waals surface area contributed by atoms with Gasteiger partial charge in [0.1, 0.15) is 23.6 Å². The van der Waals surface area contributed by atoms with Crippen molar-refractivity contribution in [3.05, 3.63) is 120 Å². The Labute approximate surface area is 262 Å². The van der Waals surface area contributed by atoms with Crippen LogP contribution < -0.4 is 0 Å².